The number of hydrogen-bond donors (Lipinski definition) is 2. The molecule has 1 saturated heterocycles. The van der Waals surface area contributed by atoms with Crippen LogP contribution in [0.25, 0.3) is 21.1 Å². The van der Waals surface area contributed by atoms with Crippen molar-refractivity contribution in [1.82, 2.24) is 13.9 Å². The lowest BCUT2D eigenvalue weighted by atomic mass is 10.1. The Bertz CT molecular complexity index is 1080. The number of piperazine rings is 1. The molecule has 0 unspecified atom stereocenters. The number of benzene rings is 1. The van der Waals surface area contributed by atoms with Crippen molar-refractivity contribution in [2.45, 2.75) is 0 Å². The van der Waals surface area contributed by atoms with Crippen LogP contribution in [0.3, 0.4) is 0 Å². The molecule has 7 nitrogen and oxygen atoms in total. The number of aromatic nitrogens is 2. The van der Waals surface area contributed by atoms with Gasteiger partial charge in [0.25, 0.3) is 5.56 Å². The highest BCUT2D eigenvalue weighted by Gasteiger charge is 2.21. The van der Waals surface area contributed by atoms with Crippen LogP contribution in [0, 0.1) is 5.82 Å². The number of hydrogen-bond acceptors (Lipinski definition) is 6. The number of anilines is 1. The minimum atomic E-state index is -0.445. The number of likely N-dealkylation sites (N-methyl/N-ethyl adjacent to an activating group) is 1. The molecule has 0 atom stereocenters. The number of nitrogens with one attached hydrogen (secondary N) is 2. The standard InChI is InChI=1S/C16H18FN5O2S/c1-18-22-11-8-12(21-5-3-20(2)4-6-21)10(17)7-9(11)14(23)13-15(24)19-25-16(13)22/h7-8,18H,3-6H2,1-2H3,(H,19,24). The third kappa shape index (κ3) is 2.42. The zero-order valence-corrected chi connectivity index (χ0v) is 14.7. The number of aromatic amines is 1. The van der Waals surface area contributed by atoms with Crippen LogP contribution >= 0.6 is 11.5 Å². The molecule has 3 heterocycles. The molecule has 2 aromatic heterocycles. The molecule has 0 spiro atoms. The Balaban J connectivity index is 2.00. The van der Waals surface area contributed by atoms with Crippen LogP contribution in [0.2, 0.25) is 0 Å². The van der Waals surface area contributed by atoms with Gasteiger partial charge in [-0.2, -0.15) is 0 Å². The fourth-order valence-corrected chi connectivity index (χ4v) is 4.18. The minimum absolute atomic E-state index is 0.0543. The first-order valence-electron chi connectivity index (χ1n) is 8.02. The molecular weight excluding hydrogens is 345 g/mol. The molecule has 1 fully saturated rings. The fraction of sp³-hybridized carbons (Fsp3) is 0.375. The predicted octanol–water partition coefficient (Wildman–Crippen LogP) is 0.969. The van der Waals surface area contributed by atoms with Crippen molar-refractivity contribution >= 4 is 38.3 Å². The zero-order valence-electron chi connectivity index (χ0n) is 13.9. The molecule has 0 saturated carbocycles. The highest BCUT2D eigenvalue weighted by Crippen LogP contribution is 2.27. The van der Waals surface area contributed by atoms with Gasteiger partial charge < -0.3 is 15.2 Å². The Morgan fingerprint density at radius 1 is 1.20 bits per heavy atom. The van der Waals surface area contributed by atoms with E-state index in [-0.39, 0.29) is 10.8 Å². The number of rotatable bonds is 2. The third-order valence-corrected chi connectivity index (χ3v) is 5.60. The monoisotopic (exact) mass is 363 g/mol. The van der Waals surface area contributed by atoms with Crippen LogP contribution in [0.5, 0.6) is 0 Å². The summed E-state index contributed by atoms with van der Waals surface area (Å²) in [7, 11) is 3.74. The molecule has 25 heavy (non-hydrogen) atoms. The molecule has 132 valence electrons. The van der Waals surface area contributed by atoms with E-state index >= 15 is 0 Å². The van der Waals surface area contributed by atoms with E-state index in [2.05, 4.69) is 14.7 Å². The highest BCUT2D eigenvalue weighted by molar-refractivity contribution is 7.12. The molecule has 0 amide bonds. The average molecular weight is 363 g/mol. The molecule has 1 aromatic carbocycles. The third-order valence-electron chi connectivity index (χ3n) is 4.73. The largest absolute Gasteiger partial charge is 0.367 e. The van der Waals surface area contributed by atoms with Crippen molar-refractivity contribution in [3.8, 4) is 0 Å². The zero-order chi connectivity index (χ0) is 17.7. The summed E-state index contributed by atoms with van der Waals surface area (Å²) in [6, 6.07) is 2.94. The summed E-state index contributed by atoms with van der Waals surface area (Å²) in [6.45, 7) is 3.16. The SMILES string of the molecule is CNn1c2cc(N3CCN(C)CC3)c(F)cc2c(=O)c2c(=O)[nH]sc21. The molecule has 0 radical (unpaired) electrons. The van der Waals surface area contributed by atoms with Crippen molar-refractivity contribution in [2.24, 2.45) is 0 Å². The topological polar surface area (TPSA) is 73.4 Å². The molecule has 9 heteroatoms. The van der Waals surface area contributed by atoms with E-state index in [1.165, 1.54) is 6.07 Å². The van der Waals surface area contributed by atoms with Crippen molar-refractivity contribution in [1.29, 1.82) is 0 Å². The Kier molecular flexibility index (Phi) is 3.77. The maximum Gasteiger partial charge on any atom is 0.271 e. The summed E-state index contributed by atoms with van der Waals surface area (Å²) in [6.07, 6.45) is 0. The van der Waals surface area contributed by atoms with Gasteiger partial charge in [0.2, 0.25) is 5.43 Å². The second kappa shape index (κ2) is 5.85. The van der Waals surface area contributed by atoms with Crippen LogP contribution in [-0.2, 0) is 0 Å². The van der Waals surface area contributed by atoms with Gasteiger partial charge in [0.05, 0.1) is 16.6 Å². The summed E-state index contributed by atoms with van der Waals surface area (Å²) in [4.78, 5) is 29.3. The van der Waals surface area contributed by atoms with E-state index in [1.807, 2.05) is 11.9 Å². The maximum absolute atomic E-state index is 14.7. The van der Waals surface area contributed by atoms with Gasteiger partial charge >= 0.3 is 0 Å². The molecule has 0 aliphatic carbocycles. The van der Waals surface area contributed by atoms with Crippen molar-refractivity contribution in [3.05, 3.63) is 38.5 Å². The maximum atomic E-state index is 14.7. The van der Waals surface area contributed by atoms with Crippen LogP contribution in [0.4, 0.5) is 10.1 Å². The summed E-state index contributed by atoms with van der Waals surface area (Å²) in [5, 5.41) is 0.250. The molecular formula is C16H18FN5O2S. The van der Waals surface area contributed by atoms with Crippen molar-refractivity contribution in [2.75, 3.05) is 50.6 Å². The number of pyridine rings is 1. The summed E-state index contributed by atoms with van der Waals surface area (Å²) in [5.74, 6) is -0.442. The van der Waals surface area contributed by atoms with Crippen LogP contribution in [-0.4, -0.2) is 54.2 Å². The smallest absolute Gasteiger partial charge is 0.271 e. The van der Waals surface area contributed by atoms with Gasteiger partial charge in [-0.05, 0) is 30.7 Å². The van der Waals surface area contributed by atoms with Gasteiger partial charge in [-0.3, -0.25) is 14.0 Å². The average Bonchev–Trinajstić information content (AvgIpc) is 2.98. The first-order chi connectivity index (χ1) is 12.0. The lowest BCUT2D eigenvalue weighted by molar-refractivity contribution is 0.312. The fourth-order valence-electron chi connectivity index (χ4n) is 3.32. The Morgan fingerprint density at radius 3 is 2.60 bits per heavy atom. The van der Waals surface area contributed by atoms with E-state index < -0.39 is 16.8 Å². The Morgan fingerprint density at radius 2 is 1.92 bits per heavy atom. The first kappa shape index (κ1) is 16.1. The van der Waals surface area contributed by atoms with E-state index in [1.54, 1.807) is 17.8 Å². The molecule has 2 N–H and O–H groups in total. The number of fused-ring (bicyclic) bond motifs is 2. The van der Waals surface area contributed by atoms with E-state index in [4.69, 9.17) is 0 Å². The normalized spacial score (nSPS) is 16.0. The lowest BCUT2D eigenvalue weighted by Gasteiger charge is -2.34. The van der Waals surface area contributed by atoms with Crippen molar-refractivity contribution in [3.63, 3.8) is 0 Å². The molecule has 4 rings (SSSR count). The van der Waals surface area contributed by atoms with Crippen LogP contribution in [0.15, 0.2) is 21.7 Å². The second-order valence-corrected chi connectivity index (χ2v) is 7.01. The van der Waals surface area contributed by atoms with Gasteiger partial charge in [-0.25, -0.2) is 9.07 Å². The van der Waals surface area contributed by atoms with Crippen LogP contribution < -0.4 is 21.3 Å². The minimum Gasteiger partial charge on any atom is -0.367 e. The number of nitrogens with zero attached hydrogens (tertiary/aromatic N) is 3. The Hall–Kier alpha value is -2.39. The molecule has 1 aliphatic heterocycles. The number of halogens is 1. The van der Waals surface area contributed by atoms with Gasteiger partial charge in [-0.15, -0.1) is 0 Å². The van der Waals surface area contributed by atoms with E-state index in [0.29, 0.717) is 16.0 Å². The highest BCUT2D eigenvalue weighted by atomic mass is 32.1. The summed E-state index contributed by atoms with van der Waals surface area (Å²) < 4.78 is 19.0. The first-order valence-corrected chi connectivity index (χ1v) is 8.83. The van der Waals surface area contributed by atoms with Gasteiger partial charge in [0, 0.05) is 33.2 Å². The number of H-pyrrole nitrogens is 1. The lowest BCUT2D eigenvalue weighted by Crippen LogP contribution is -2.44. The summed E-state index contributed by atoms with van der Waals surface area (Å²) >= 11 is 1.09. The van der Waals surface area contributed by atoms with Crippen molar-refractivity contribution < 1.29 is 4.39 Å². The van der Waals surface area contributed by atoms with E-state index in [0.717, 1.165) is 37.7 Å². The Labute approximate surface area is 146 Å². The quantitative estimate of drug-likeness (QED) is 0.710. The predicted molar refractivity (Wildman–Crippen MR) is 99.2 cm³/mol. The van der Waals surface area contributed by atoms with Crippen LogP contribution in [0.1, 0.15) is 0 Å². The molecule has 1 aliphatic rings. The summed E-state index contributed by atoms with van der Waals surface area (Å²) in [5.41, 5.74) is 3.14. The van der Waals surface area contributed by atoms with Gasteiger partial charge in [0.15, 0.2) is 0 Å². The second-order valence-electron chi connectivity index (χ2n) is 6.21. The van der Waals surface area contributed by atoms with E-state index in [9.17, 15) is 14.0 Å². The molecule has 3 aromatic rings. The van der Waals surface area contributed by atoms with Gasteiger partial charge in [-0.1, -0.05) is 0 Å². The molecule has 0 bridgehead atoms. The van der Waals surface area contributed by atoms with Gasteiger partial charge in [0.1, 0.15) is 16.0 Å².